The second-order valence-electron chi connectivity index (χ2n) is 5.75. The van der Waals surface area contributed by atoms with E-state index in [4.69, 9.17) is 14.4 Å². The first-order valence-electron chi connectivity index (χ1n) is 7.93. The summed E-state index contributed by atoms with van der Waals surface area (Å²) in [5.41, 5.74) is 0.794. The van der Waals surface area contributed by atoms with Crippen LogP contribution in [-0.4, -0.2) is 40.8 Å². The minimum Gasteiger partial charge on any atom is -0.497 e. The average Bonchev–Trinajstić information content (AvgIpc) is 3.06. The molecule has 0 radical (unpaired) electrons. The molecule has 0 saturated heterocycles. The average molecular weight is 347 g/mol. The molecule has 1 aromatic carbocycles. The monoisotopic (exact) mass is 347 g/mol. The van der Waals surface area contributed by atoms with Gasteiger partial charge in [-0.25, -0.2) is 0 Å². The van der Waals surface area contributed by atoms with E-state index >= 15 is 0 Å². The Morgan fingerprint density at radius 3 is 2.68 bits per heavy atom. The number of carbonyl (C=O) groups is 2. The molecule has 1 atom stereocenters. The summed E-state index contributed by atoms with van der Waals surface area (Å²) in [6.07, 6.45) is 0.543. The van der Waals surface area contributed by atoms with Crippen LogP contribution in [0.4, 0.5) is 0 Å². The summed E-state index contributed by atoms with van der Waals surface area (Å²) in [7, 11) is 1.59. The molecule has 8 heteroatoms. The van der Waals surface area contributed by atoms with E-state index in [2.05, 4.69) is 15.5 Å². The van der Waals surface area contributed by atoms with E-state index < -0.39 is 5.97 Å². The smallest absolute Gasteiger partial charge is 0.303 e. The van der Waals surface area contributed by atoms with E-state index in [1.54, 1.807) is 26.2 Å². The molecule has 0 spiro atoms. The number of hydrogen-bond donors (Lipinski definition) is 2. The second-order valence-corrected chi connectivity index (χ2v) is 5.75. The van der Waals surface area contributed by atoms with Gasteiger partial charge in [-0.2, -0.15) is 4.98 Å². The zero-order valence-corrected chi connectivity index (χ0v) is 14.2. The molecular formula is C17H21N3O5. The minimum absolute atomic E-state index is 0.0230. The molecule has 1 heterocycles. The van der Waals surface area contributed by atoms with E-state index in [-0.39, 0.29) is 24.7 Å². The second kappa shape index (κ2) is 8.81. The van der Waals surface area contributed by atoms with Gasteiger partial charge < -0.3 is 19.7 Å². The van der Waals surface area contributed by atoms with Gasteiger partial charge in [-0.05, 0) is 30.2 Å². The molecule has 0 fully saturated rings. The van der Waals surface area contributed by atoms with Gasteiger partial charge in [0, 0.05) is 31.4 Å². The lowest BCUT2D eigenvalue weighted by atomic mass is 10.1. The normalized spacial score (nSPS) is 11.8. The quantitative estimate of drug-likeness (QED) is 0.712. The van der Waals surface area contributed by atoms with Crippen LogP contribution in [0.2, 0.25) is 0 Å². The van der Waals surface area contributed by atoms with Crippen molar-refractivity contribution in [2.75, 3.05) is 13.7 Å². The Morgan fingerprint density at radius 2 is 2.04 bits per heavy atom. The molecule has 2 aromatic rings. The topological polar surface area (TPSA) is 115 Å². The van der Waals surface area contributed by atoms with Crippen molar-refractivity contribution in [2.45, 2.75) is 26.2 Å². The summed E-state index contributed by atoms with van der Waals surface area (Å²) >= 11 is 0. The number of amides is 1. The number of hydrogen-bond acceptors (Lipinski definition) is 6. The highest BCUT2D eigenvalue weighted by Gasteiger charge is 2.12. The van der Waals surface area contributed by atoms with Crippen LogP contribution in [0.3, 0.4) is 0 Å². The molecule has 2 N–H and O–H groups in total. The van der Waals surface area contributed by atoms with Crippen molar-refractivity contribution in [3.63, 3.8) is 0 Å². The molecule has 0 bridgehead atoms. The fourth-order valence-electron chi connectivity index (χ4n) is 2.18. The molecule has 0 aliphatic heterocycles. The van der Waals surface area contributed by atoms with Crippen molar-refractivity contribution in [3.8, 4) is 17.1 Å². The van der Waals surface area contributed by atoms with Crippen molar-refractivity contribution < 1.29 is 24.0 Å². The van der Waals surface area contributed by atoms with Crippen LogP contribution in [0.15, 0.2) is 28.8 Å². The van der Waals surface area contributed by atoms with Crippen LogP contribution in [0, 0.1) is 5.92 Å². The maximum atomic E-state index is 11.8. The van der Waals surface area contributed by atoms with E-state index in [1.807, 2.05) is 12.1 Å². The number of carboxylic acids is 1. The van der Waals surface area contributed by atoms with Gasteiger partial charge >= 0.3 is 5.97 Å². The molecule has 0 saturated carbocycles. The largest absolute Gasteiger partial charge is 0.497 e. The summed E-state index contributed by atoms with van der Waals surface area (Å²) in [5.74, 6) is 0.389. The van der Waals surface area contributed by atoms with E-state index in [0.29, 0.717) is 24.7 Å². The van der Waals surface area contributed by atoms with Gasteiger partial charge in [0.15, 0.2) is 0 Å². The molecule has 0 aliphatic carbocycles. The highest BCUT2D eigenvalue weighted by Crippen LogP contribution is 2.19. The Hall–Kier alpha value is -2.90. The standard InChI is InChI=1S/C17H21N3O5/c1-11(9-16(22)23)10-18-14(21)7-8-15-19-17(20-25-15)12-3-5-13(24-2)6-4-12/h3-6,11H,7-10H2,1-2H3,(H,18,21)(H,22,23). The number of nitrogens with one attached hydrogen (secondary N) is 1. The van der Waals surface area contributed by atoms with Crippen molar-refractivity contribution in [2.24, 2.45) is 5.92 Å². The van der Waals surface area contributed by atoms with Crippen molar-refractivity contribution in [1.82, 2.24) is 15.5 Å². The fourth-order valence-corrected chi connectivity index (χ4v) is 2.18. The zero-order valence-electron chi connectivity index (χ0n) is 14.2. The summed E-state index contributed by atoms with van der Waals surface area (Å²) < 4.78 is 10.2. The number of rotatable bonds is 9. The molecule has 25 heavy (non-hydrogen) atoms. The Bertz CT molecular complexity index is 711. The van der Waals surface area contributed by atoms with Crippen LogP contribution in [0.1, 0.15) is 25.7 Å². The first kappa shape index (κ1) is 18.4. The van der Waals surface area contributed by atoms with Crippen LogP contribution in [-0.2, 0) is 16.0 Å². The molecular weight excluding hydrogens is 326 g/mol. The molecule has 8 nitrogen and oxygen atoms in total. The first-order valence-corrected chi connectivity index (χ1v) is 7.93. The van der Waals surface area contributed by atoms with E-state index in [0.717, 1.165) is 11.3 Å². The Balaban J connectivity index is 1.80. The van der Waals surface area contributed by atoms with Gasteiger partial charge in [0.25, 0.3) is 0 Å². The van der Waals surface area contributed by atoms with E-state index in [1.165, 1.54) is 0 Å². The summed E-state index contributed by atoms with van der Waals surface area (Å²) in [6, 6.07) is 7.25. The zero-order chi connectivity index (χ0) is 18.2. The number of aromatic nitrogens is 2. The van der Waals surface area contributed by atoms with Gasteiger partial charge in [0.2, 0.25) is 17.6 Å². The number of nitrogens with zero attached hydrogens (tertiary/aromatic N) is 2. The number of benzene rings is 1. The van der Waals surface area contributed by atoms with Crippen molar-refractivity contribution >= 4 is 11.9 Å². The minimum atomic E-state index is -0.876. The van der Waals surface area contributed by atoms with Crippen LogP contribution < -0.4 is 10.1 Å². The third kappa shape index (κ3) is 5.91. The Morgan fingerprint density at radius 1 is 1.32 bits per heavy atom. The number of methoxy groups -OCH3 is 1. The number of ether oxygens (including phenoxy) is 1. The highest BCUT2D eigenvalue weighted by molar-refractivity contribution is 5.76. The van der Waals surface area contributed by atoms with Crippen LogP contribution in [0.25, 0.3) is 11.4 Å². The Labute approximate surface area is 145 Å². The van der Waals surface area contributed by atoms with Gasteiger partial charge in [-0.3, -0.25) is 9.59 Å². The van der Waals surface area contributed by atoms with Crippen molar-refractivity contribution in [3.05, 3.63) is 30.2 Å². The van der Waals surface area contributed by atoms with Gasteiger partial charge in [0.1, 0.15) is 5.75 Å². The summed E-state index contributed by atoms with van der Waals surface area (Å²) in [5, 5.41) is 15.3. The highest BCUT2D eigenvalue weighted by atomic mass is 16.5. The first-order chi connectivity index (χ1) is 12.0. The molecule has 1 amide bonds. The number of aliphatic carboxylic acids is 1. The molecule has 134 valence electrons. The summed E-state index contributed by atoms with van der Waals surface area (Å²) in [4.78, 5) is 26.6. The lowest BCUT2D eigenvalue weighted by Gasteiger charge is -2.09. The fraction of sp³-hybridized carbons (Fsp3) is 0.412. The van der Waals surface area contributed by atoms with Gasteiger partial charge in [-0.15, -0.1) is 0 Å². The van der Waals surface area contributed by atoms with Gasteiger partial charge in [0.05, 0.1) is 7.11 Å². The molecule has 1 aromatic heterocycles. The van der Waals surface area contributed by atoms with Crippen LogP contribution >= 0.6 is 0 Å². The summed E-state index contributed by atoms with van der Waals surface area (Å²) in [6.45, 7) is 2.10. The third-order valence-electron chi connectivity index (χ3n) is 3.55. The lowest BCUT2D eigenvalue weighted by Crippen LogP contribution is -2.29. The van der Waals surface area contributed by atoms with Gasteiger partial charge in [-0.1, -0.05) is 12.1 Å². The SMILES string of the molecule is COc1ccc(-c2noc(CCC(=O)NCC(C)CC(=O)O)n2)cc1. The predicted molar refractivity (Wildman–Crippen MR) is 89.0 cm³/mol. The van der Waals surface area contributed by atoms with E-state index in [9.17, 15) is 9.59 Å². The molecule has 1 unspecified atom stereocenters. The predicted octanol–water partition coefficient (Wildman–Crippen LogP) is 1.90. The molecule has 0 aliphatic rings. The molecule has 2 rings (SSSR count). The number of aryl methyl sites for hydroxylation is 1. The van der Waals surface area contributed by atoms with Crippen molar-refractivity contribution in [1.29, 1.82) is 0 Å². The lowest BCUT2D eigenvalue weighted by molar-refractivity contribution is -0.138. The third-order valence-corrected chi connectivity index (χ3v) is 3.55. The number of carbonyl (C=O) groups excluding carboxylic acids is 1. The maximum absolute atomic E-state index is 11.8. The van der Waals surface area contributed by atoms with Crippen LogP contribution in [0.5, 0.6) is 5.75 Å². The Kier molecular flexibility index (Phi) is 6.50. The maximum Gasteiger partial charge on any atom is 0.303 e. The number of carboxylic acid groups (broad SMARTS) is 1.